The Kier molecular flexibility index (Phi) is 3.77. The lowest BCUT2D eigenvalue weighted by molar-refractivity contribution is 0.0714. The highest BCUT2D eigenvalue weighted by Crippen LogP contribution is 2.41. The van der Waals surface area contributed by atoms with Crippen LogP contribution in [0, 0.1) is 13.8 Å². The van der Waals surface area contributed by atoms with Gasteiger partial charge in [-0.25, -0.2) is 4.98 Å². The molecular formula is C20H23N5O2. The third kappa shape index (κ3) is 2.91. The lowest BCUT2D eigenvalue weighted by Gasteiger charge is -2.31. The predicted octanol–water partition coefficient (Wildman–Crippen LogP) is 3.46. The third-order valence-electron chi connectivity index (χ3n) is 5.79. The van der Waals surface area contributed by atoms with Crippen LogP contribution in [-0.2, 0) is 0 Å². The van der Waals surface area contributed by atoms with Crippen molar-refractivity contribution in [3.05, 3.63) is 40.5 Å². The van der Waals surface area contributed by atoms with Crippen molar-refractivity contribution < 1.29 is 9.32 Å². The molecule has 0 atom stereocenters. The molecule has 0 unspecified atom stereocenters. The van der Waals surface area contributed by atoms with Crippen LogP contribution in [0.25, 0.3) is 11.1 Å². The number of amides is 1. The van der Waals surface area contributed by atoms with E-state index >= 15 is 0 Å². The van der Waals surface area contributed by atoms with E-state index in [4.69, 9.17) is 4.52 Å². The Morgan fingerprint density at radius 3 is 2.52 bits per heavy atom. The summed E-state index contributed by atoms with van der Waals surface area (Å²) < 4.78 is 5.38. The first-order chi connectivity index (χ1) is 13.1. The summed E-state index contributed by atoms with van der Waals surface area (Å²) in [6.07, 6.45) is 4.13. The zero-order valence-electron chi connectivity index (χ0n) is 15.7. The molecular weight excluding hydrogens is 342 g/mol. The minimum Gasteiger partial charge on any atom is -0.339 e. The van der Waals surface area contributed by atoms with E-state index < -0.39 is 0 Å². The van der Waals surface area contributed by atoms with Gasteiger partial charge < -0.3 is 9.42 Å². The second-order valence-electron chi connectivity index (χ2n) is 7.86. The van der Waals surface area contributed by atoms with Gasteiger partial charge in [-0.15, -0.1) is 0 Å². The van der Waals surface area contributed by atoms with E-state index in [-0.39, 0.29) is 5.91 Å². The Labute approximate surface area is 157 Å². The highest BCUT2D eigenvalue weighted by atomic mass is 16.5. The Hall–Kier alpha value is -2.70. The van der Waals surface area contributed by atoms with Gasteiger partial charge in [-0.2, -0.15) is 5.10 Å². The molecule has 5 rings (SSSR count). The van der Waals surface area contributed by atoms with Crippen LogP contribution in [0.5, 0.6) is 0 Å². The van der Waals surface area contributed by atoms with Crippen molar-refractivity contribution in [3.8, 4) is 0 Å². The zero-order chi connectivity index (χ0) is 18.5. The summed E-state index contributed by atoms with van der Waals surface area (Å²) in [6.45, 7) is 5.36. The fraction of sp³-hybridized carbons (Fsp3) is 0.500. The number of rotatable bonds is 3. The maximum absolute atomic E-state index is 13.3. The van der Waals surface area contributed by atoms with Crippen LogP contribution < -0.4 is 0 Å². The number of aromatic nitrogens is 4. The van der Waals surface area contributed by atoms with Crippen LogP contribution in [0.4, 0.5) is 0 Å². The van der Waals surface area contributed by atoms with Crippen molar-refractivity contribution in [2.24, 2.45) is 0 Å². The number of nitrogens with one attached hydrogen (secondary N) is 1. The van der Waals surface area contributed by atoms with Gasteiger partial charge in [0.1, 0.15) is 0 Å². The molecule has 1 amide bonds. The smallest absolute Gasteiger partial charge is 0.259 e. The van der Waals surface area contributed by atoms with Crippen LogP contribution in [0.3, 0.4) is 0 Å². The number of hydrogen-bond acceptors (Lipinski definition) is 5. The Morgan fingerprint density at radius 2 is 1.85 bits per heavy atom. The van der Waals surface area contributed by atoms with Gasteiger partial charge in [0, 0.05) is 36.3 Å². The molecule has 1 saturated heterocycles. The van der Waals surface area contributed by atoms with E-state index in [1.807, 2.05) is 24.8 Å². The maximum Gasteiger partial charge on any atom is 0.259 e. The maximum atomic E-state index is 13.3. The van der Waals surface area contributed by atoms with Gasteiger partial charge in [0.15, 0.2) is 0 Å². The van der Waals surface area contributed by atoms with Gasteiger partial charge in [0.05, 0.1) is 22.3 Å². The minimum absolute atomic E-state index is 0.0623. The molecule has 3 aromatic heterocycles. The molecule has 4 heterocycles. The first kappa shape index (κ1) is 16.5. The number of hydrogen-bond donors (Lipinski definition) is 1. The normalized spacial score (nSPS) is 18.4. The van der Waals surface area contributed by atoms with Crippen LogP contribution in [0.15, 0.2) is 16.7 Å². The Morgan fingerprint density at radius 1 is 1.11 bits per heavy atom. The molecule has 3 aromatic rings. The highest BCUT2D eigenvalue weighted by molar-refractivity contribution is 6.06. The van der Waals surface area contributed by atoms with Crippen molar-refractivity contribution in [1.29, 1.82) is 0 Å². The van der Waals surface area contributed by atoms with E-state index in [1.165, 1.54) is 0 Å². The molecule has 27 heavy (non-hydrogen) atoms. The summed E-state index contributed by atoms with van der Waals surface area (Å²) in [5.41, 5.74) is 5.06. The Balaban J connectivity index is 1.40. The van der Waals surface area contributed by atoms with Crippen molar-refractivity contribution >= 4 is 17.0 Å². The summed E-state index contributed by atoms with van der Waals surface area (Å²) >= 11 is 0. The van der Waals surface area contributed by atoms with Crippen LogP contribution in [0.2, 0.25) is 0 Å². The number of carbonyl (C=O) groups excluding carboxylic acids is 1. The number of carbonyl (C=O) groups is 1. The van der Waals surface area contributed by atoms with Crippen molar-refractivity contribution in [1.82, 2.24) is 25.2 Å². The van der Waals surface area contributed by atoms with Crippen molar-refractivity contribution in [3.63, 3.8) is 0 Å². The fourth-order valence-electron chi connectivity index (χ4n) is 4.07. The molecule has 0 bridgehead atoms. The number of pyridine rings is 1. The molecule has 0 aromatic carbocycles. The van der Waals surface area contributed by atoms with Gasteiger partial charge in [-0.1, -0.05) is 5.16 Å². The van der Waals surface area contributed by atoms with E-state index in [0.717, 1.165) is 66.9 Å². The van der Waals surface area contributed by atoms with E-state index in [0.29, 0.717) is 23.1 Å². The first-order valence-corrected chi connectivity index (χ1v) is 9.68. The number of nitrogens with zero attached hydrogens (tertiary/aromatic N) is 4. The topological polar surface area (TPSA) is 87.9 Å². The minimum atomic E-state index is 0.0623. The fourth-order valence-corrected chi connectivity index (χ4v) is 4.07. The van der Waals surface area contributed by atoms with Crippen molar-refractivity contribution in [2.75, 3.05) is 13.1 Å². The van der Waals surface area contributed by atoms with Crippen LogP contribution in [0.1, 0.15) is 70.7 Å². The summed E-state index contributed by atoms with van der Waals surface area (Å²) in [7, 11) is 0. The lowest BCUT2D eigenvalue weighted by Crippen LogP contribution is -2.38. The SMILES string of the molecule is Cc1cc(C2CCN(C(=O)c3cc(C4CC4)nc4onc(C)c34)CC2)n[nH]1. The van der Waals surface area contributed by atoms with E-state index in [9.17, 15) is 4.79 Å². The van der Waals surface area contributed by atoms with Gasteiger partial charge in [0.2, 0.25) is 0 Å². The number of piperidine rings is 1. The number of likely N-dealkylation sites (tertiary alicyclic amines) is 1. The highest BCUT2D eigenvalue weighted by Gasteiger charge is 2.31. The number of aryl methyl sites for hydroxylation is 2. The van der Waals surface area contributed by atoms with Crippen LogP contribution in [-0.4, -0.2) is 44.2 Å². The van der Waals surface area contributed by atoms with Gasteiger partial charge in [-0.3, -0.25) is 9.89 Å². The summed E-state index contributed by atoms with van der Waals surface area (Å²) in [4.78, 5) is 19.9. The first-order valence-electron chi connectivity index (χ1n) is 9.68. The molecule has 0 radical (unpaired) electrons. The van der Waals surface area contributed by atoms with Gasteiger partial charge in [0.25, 0.3) is 11.6 Å². The molecule has 1 aliphatic carbocycles. The molecule has 7 heteroatoms. The largest absolute Gasteiger partial charge is 0.339 e. The molecule has 1 aliphatic heterocycles. The molecule has 1 saturated carbocycles. The summed E-state index contributed by atoms with van der Waals surface area (Å²) in [5.74, 6) is 0.933. The third-order valence-corrected chi connectivity index (χ3v) is 5.79. The standard InChI is InChI=1S/C20H23N5O2/c1-11-9-17(23-22-11)14-5-7-25(8-6-14)20(26)15-10-16(13-3-4-13)21-19-18(15)12(2)24-27-19/h9-10,13-14H,3-8H2,1-2H3,(H,22,23). The van der Waals surface area contributed by atoms with Crippen LogP contribution >= 0.6 is 0 Å². The number of aromatic amines is 1. The molecule has 0 spiro atoms. The number of fused-ring (bicyclic) bond motifs is 1. The lowest BCUT2D eigenvalue weighted by atomic mass is 9.93. The molecule has 140 valence electrons. The van der Waals surface area contributed by atoms with Gasteiger partial charge >= 0.3 is 0 Å². The second kappa shape index (κ2) is 6.18. The van der Waals surface area contributed by atoms with E-state index in [2.05, 4.69) is 26.4 Å². The molecule has 2 aliphatic rings. The summed E-state index contributed by atoms with van der Waals surface area (Å²) in [6, 6.07) is 4.08. The van der Waals surface area contributed by atoms with Gasteiger partial charge in [-0.05, 0) is 51.7 Å². The predicted molar refractivity (Wildman–Crippen MR) is 99.7 cm³/mol. The number of H-pyrrole nitrogens is 1. The average Bonchev–Trinajstić information content (AvgIpc) is 3.35. The molecule has 7 nitrogen and oxygen atoms in total. The molecule has 2 fully saturated rings. The zero-order valence-corrected chi connectivity index (χ0v) is 15.7. The van der Waals surface area contributed by atoms with Crippen molar-refractivity contribution in [2.45, 2.75) is 51.4 Å². The second-order valence-corrected chi connectivity index (χ2v) is 7.86. The quantitative estimate of drug-likeness (QED) is 0.768. The Bertz CT molecular complexity index is 1010. The monoisotopic (exact) mass is 365 g/mol. The summed E-state index contributed by atoms with van der Waals surface area (Å²) in [5, 5.41) is 12.2. The molecule has 1 N–H and O–H groups in total. The average molecular weight is 365 g/mol. The van der Waals surface area contributed by atoms with E-state index in [1.54, 1.807) is 0 Å².